The van der Waals surface area contributed by atoms with Gasteiger partial charge in [0.15, 0.2) is 5.69 Å². The Balaban J connectivity index is 2.03. The number of anilines is 1. The Labute approximate surface area is 166 Å². The van der Waals surface area contributed by atoms with Crippen molar-refractivity contribution < 1.29 is 22.4 Å². The van der Waals surface area contributed by atoms with Crippen molar-refractivity contribution in [3.63, 3.8) is 0 Å². The third-order valence-electron chi connectivity index (χ3n) is 3.92. The lowest BCUT2D eigenvalue weighted by molar-refractivity contribution is -0.137. The zero-order valence-corrected chi connectivity index (χ0v) is 15.5. The first-order valence-corrected chi connectivity index (χ1v) is 8.49. The lowest BCUT2D eigenvalue weighted by atomic mass is 10.2. The van der Waals surface area contributed by atoms with Crippen molar-refractivity contribution in [3.8, 4) is 5.69 Å². The number of carbonyl (C=O) groups excluding carboxylic acids is 1. The number of benzene rings is 2. The molecule has 0 unspecified atom stereocenters. The van der Waals surface area contributed by atoms with Crippen LogP contribution in [0.15, 0.2) is 53.3 Å². The molecule has 0 saturated carbocycles. The van der Waals surface area contributed by atoms with E-state index in [1.54, 1.807) is 0 Å². The second-order valence-electron chi connectivity index (χ2n) is 6.04. The lowest BCUT2D eigenvalue weighted by Crippen LogP contribution is -2.27. The smallest absolute Gasteiger partial charge is 0.318 e. The van der Waals surface area contributed by atoms with Crippen molar-refractivity contribution in [2.45, 2.75) is 13.1 Å². The van der Waals surface area contributed by atoms with Crippen LogP contribution in [0.25, 0.3) is 5.69 Å². The van der Waals surface area contributed by atoms with Gasteiger partial charge in [-0.3, -0.25) is 9.59 Å². The number of aromatic nitrogens is 2. The van der Waals surface area contributed by atoms with Crippen LogP contribution < -0.4 is 10.7 Å². The van der Waals surface area contributed by atoms with Crippen molar-refractivity contribution in [2.75, 3.05) is 5.32 Å². The van der Waals surface area contributed by atoms with Crippen LogP contribution in [0.3, 0.4) is 0 Å². The number of halogens is 5. The molecule has 0 bridgehead atoms. The Morgan fingerprint density at radius 1 is 1.14 bits per heavy atom. The predicted octanol–water partition coefficient (Wildman–Crippen LogP) is 4.60. The predicted molar refractivity (Wildman–Crippen MR) is 98.9 cm³/mol. The largest absolute Gasteiger partial charge is 0.416 e. The van der Waals surface area contributed by atoms with Crippen LogP contribution in [0.1, 0.15) is 21.7 Å². The van der Waals surface area contributed by atoms with Crippen molar-refractivity contribution in [3.05, 3.63) is 86.5 Å². The first-order valence-electron chi connectivity index (χ1n) is 8.11. The summed E-state index contributed by atoms with van der Waals surface area (Å²) in [5.41, 5.74) is -2.37. The van der Waals surface area contributed by atoms with Gasteiger partial charge in [0.25, 0.3) is 5.91 Å². The van der Waals surface area contributed by atoms with Crippen LogP contribution in [0.2, 0.25) is 5.02 Å². The summed E-state index contributed by atoms with van der Waals surface area (Å²) in [5, 5.41) is 6.22. The van der Waals surface area contributed by atoms with Crippen LogP contribution >= 0.6 is 11.6 Å². The van der Waals surface area contributed by atoms with E-state index in [1.807, 2.05) is 0 Å². The fourth-order valence-corrected chi connectivity index (χ4v) is 2.73. The van der Waals surface area contributed by atoms with Gasteiger partial charge < -0.3 is 5.32 Å². The van der Waals surface area contributed by atoms with Crippen LogP contribution in [-0.2, 0) is 6.18 Å². The first kappa shape index (κ1) is 20.5. The molecule has 0 spiro atoms. The SMILES string of the molecule is Cc1cc(=O)c(C(=O)Nc2cc(Cl)ccc2F)nn1-c1cccc(C(F)(F)F)c1. The van der Waals surface area contributed by atoms with E-state index in [4.69, 9.17) is 11.6 Å². The number of hydrogen-bond donors (Lipinski definition) is 1. The number of hydrogen-bond acceptors (Lipinski definition) is 3. The summed E-state index contributed by atoms with van der Waals surface area (Å²) in [7, 11) is 0. The van der Waals surface area contributed by atoms with E-state index in [0.29, 0.717) is 0 Å². The molecular formula is C19H12ClF4N3O2. The van der Waals surface area contributed by atoms with E-state index in [1.165, 1.54) is 25.1 Å². The molecule has 1 aromatic heterocycles. The highest BCUT2D eigenvalue weighted by Gasteiger charge is 2.30. The van der Waals surface area contributed by atoms with Gasteiger partial charge >= 0.3 is 6.18 Å². The van der Waals surface area contributed by atoms with E-state index in [0.717, 1.165) is 35.0 Å². The van der Waals surface area contributed by atoms with Crippen molar-refractivity contribution in [2.24, 2.45) is 0 Å². The number of amides is 1. The maximum atomic E-state index is 13.8. The summed E-state index contributed by atoms with van der Waals surface area (Å²) < 4.78 is 53.8. The number of nitrogens with zero attached hydrogens (tertiary/aromatic N) is 2. The highest BCUT2D eigenvalue weighted by Crippen LogP contribution is 2.30. The summed E-state index contributed by atoms with van der Waals surface area (Å²) in [6.45, 7) is 1.45. The molecular weight excluding hydrogens is 414 g/mol. The lowest BCUT2D eigenvalue weighted by Gasteiger charge is -2.14. The summed E-state index contributed by atoms with van der Waals surface area (Å²) >= 11 is 5.76. The quantitative estimate of drug-likeness (QED) is 0.623. The molecule has 10 heteroatoms. The second-order valence-corrected chi connectivity index (χ2v) is 6.47. The number of nitrogens with one attached hydrogen (secondary N) is 1. The van der Waals surface area contributed by atoms with E-state index in [2.05, 4.69) is 10.4 Å². The highest BCUT2D eigenvalue weighted by molar-refractivity contribution is 6.31. The van der Waals surface area contributed by atoms with Crippen LogP contribution in [0, 0.1) is 12.7 Å². The maximum absolute atomic E-state index is 13.8. The Kier molecular flexibility index (Phi) is 5.43. The molecule has 0 aliphatic carbocycles. The zero-order chi connectivity index (χ0) is 21.3. The van der Waals surface area contributed by atoms with Crippen molar-refractivity contribution in [1.29, 1.82) is 0 Å². The molecule has 0 aliphatic rings. The molecule has 1 N–H and O–H groups in total. The number of aryl methyl sites for hydroxylation is 1. The van der Waals surface area contributed by atoms with Gasteiger partial charge in [-0.25, -0.2) is 9.07 Å². The number of carbonyl (C=O) groups is 1. The summed E-state index contributed by atoms with van der Waals surface area (Å²) in [5.74, 6) is -1.81. The van der Waals surface area contributed by atoms with Gasteiger partial charge in [-0.1, -0.05) is 17.7 Å². The third-order valence-corrected chi connectivity index (χ3v) is 4.15. The van der Waals surface area contributed by atoms with Crippen molar-refractivity contribution >= 4 is 23.2 Å². The minimum absolute atomic E-state index is 0.000288. The summed E-state index contributed by atoms with van der Waals surface area (Å²) in [6, 6.07) is 8.75. The molecule has 0 aliphatic heterocycles. The molecule has 3 aromatic rings. The van der Waals surface area contributed by atoms with Gasteiger partial charge in [-0.2, -0.15) is 18.3 Å². The van der Waals surface area contributed by atoms with Crippen LogP contribution in [0.4, 0.5) is 23.2 Å². The van der Waals surface area contributed by atoms with Crippen molar-refractivity contribution in [1.82, 2.24) is 9.78 Å². The Morgan fingerprint density at radius 3 is 2.55 bits per heavy atom. The van der Waals surface area contributed by atoms with Crippen LogP contribution in [0.5, 0.6) is 0 Å². The maximum Gasteiger partial charge on any atom is 0.416 e. The van der Waals surface area contributed by atoms with Crippen LogP contribution in [-0.4, -0.2) is 15.7 Å². The van der Waals surface area contributed by atoms with Gasteiger partial charge in [0.05, 0.1) is 16.9 Å². The average molecular weight is 426 g/mol. The molecule has 3 rings (SSSR count). The molecule has 1 amide bonds. The molecule has 0 atom stereocenters. The second kappa shape index (κ2) is 7.67. The fourth-order valence-electron chi connectivity index (χ4n) is 2.55. The standard InChI is InChI=1S/C19H12ClF4N3O2/c1-10-7-16(28)17(18(29)25-15-9-12(20)5-6-14(15)21)26-27(10)13-4-2-3-11(8-13)19(22,23)24/h2-9H,1H3,(H,25,29). The van der Waals surface area contributed by atoms with Gasteiger partial charge in [0.1, 0.15) is 5.82 Å². The van der Waals surface area contributed by atoms with Gasteiger partial charge in [-0.05, 0) is 43.3 Å². The van der Waals surface area contributed by atoms with E-state index in [9.17, 15) is 27.2 Å². The minimum Gasteiger partial charge on any atom is -0.318 e. The summed E-state index contributed by atoms with van der Waals surface area (Å²) in [6.07, 6.45) is -4.58. The Hall–Kier alpha value is -3.20. The molecule has 0 radical (unpaired) electrons. The molecule has 150 valence electrons. The normalized spacial score (nSPS) is 11.4. The minimum atomic E-state index is -4.58. The Morgan fingerprint density at radius 2 is 1.86 bits per heavy atom. The molecule has 0 fully saturated rings. The average Bonchev–Trinajstić information content (AvgIpc) is 2.64. The zero-order valence-electron chi connectivity index (χ0n) is 14.7. The van der Waals surface area contributed by atoms with E-state index >= 15 is 0 Å². The van der Waals surface area contributed by atoms with Gasteiger partial charge in [0.2, 0.25) is 5.43 Å². The molecule has 0 saturated heterocycles. The topological polar surface area (TPSA) is 64.0 Å². The molecule has 2 aromatic carbocycles. The van der Waals surface area contributed by atoms with Gasteiger partial charge in [0, 0.05) is 16.8 Å². The number of alkyl halides is 3. The van der Waals surface area contributed by atoms with E-state index in [-0.39, 0.29) is 22.1 Å². The first-order chi connectivity index (χ1) is 13.6. The molecule has 1 heterocycles. The molecule has 5 nitrogen and oxygen atoms in total. The molecule has 29 heavy (non-hydrogen) atoms. The van der Waals surface area contributed by atoms with Gasteiger partial charge in [-0.15, -0.1) is 0 Å². The Bertz CT molecular complexity index is 1160. The summed E-state index contributed by atoms with van der Waals surface area (Å²) in [4.78, 5) is 24.6. The number of rotatable bonds is 3. The third kappa shape index (κ3) is 4.45. The van der Waals surface area contributed by atoms with E-state index < -0.39 is 34.6 Å². The fraction of sp³-hybridized carbons (Fsp3) is 0.105. The highest BCUT2D eigenvalue weighted by atomic mass is 35.5. The monoisotopic (exact) mass is 425 g/mol.